The number of nitro groups is 1. The van der Waals surface area contributed by atoms with Gasteiger partial charge in [-0.15, -0.1) is 11.8 Å². The Bertz CT molecular complexity index is 1720. The number of amides is 3. The number of nitrogens with one attached hydrogen (secondary N) is 3. The summed E-state index contributed by atoms with van der Waals surface area (Å²) in [7, 11) is 0. The summed E-state index contributed by atoms with van der Waals surface area (Å²) in [5, 5.41) is 19.6. The molecule has 0 radical (unpaired) electrons. The van der Waals surface area contributed by atoms with E-state index in [1.807, 2.05) is 13.0 Å². The molecule has 3 N–H and O–H groups in total. The van der Waals surface area contributed by atoms with Crippen molar-refractivity contribution in [2.45, 2.75) is 23.5 Å². The maximum Gasteiger partial charge on any atom is 0.272 e. The molecule has 0 aromatic heterocycles. The Morgan fingerprint density at radius 3 is 2.23 bits per heavy atom. The van der Waals surface area contributed by atoms with E-state index >= 15 is 0 Å². The molecule has 224 valence electrons. The van der Waals surface area contributed by atoms with Crippen molar-refractivity contribution in [2.24, 2.45) is 0 Å². The summed E-state index contributed by atoms with van der Waals surface area (Å²) in [6.07, 6.45) is 1.96. The van der Waals surface area contributed by atoms with Crippen LogP contribution >= 0.6 is 35.0 Å². The van der Waals surface area contributed by atoms with Crippen LogP contribution in [0.1, 0.15) is 29.3 Å². The number of nitrogens with zero attached hydrogens (tertiary/aromatic N) is 1. The van der Waals surface area contributed by atoms with Crippen molar-refractivity contribution in [3.05, 3.63) is 134 Å². The van der Waals surface area contributed by atoms with Crippen LogP contribution in [0.3, 0.4) is 0 Å². The summed E-state index contributed by atoms with van der Waals surface area (Å²) in [6.45, 7) is 1.89. The Balaban J connectivity index is 1.51. The lowest BCUT2D eigenvalue weighted by molar-refractivity contribution is -0.384. The number of rotatable bonds is 11. The number of thioether (sulfide) groups is 1. The van der Waals surface area contributed by atoms with Crippen LogP contribution in [0.15, 0.2) is 108 Å². The van der Waals surface area contributed by atoms with Crippen molar-refractivity contribution >= 4 is 75.8 Å². The lowest BCUT2D eigenvalue weighted by Crippen LogP contribution is -2.30. The van der Waals surface area contributed by atoms with Gasteiger partial charge in [-0.25, -0.2) is 0 Å². The summed E-state index contributed by atoms with van der Waals surface area (Å²) in [6, 6.07) is 25.8. The van der Waals surface area contributed by atoms with E-state index in [9.17, 15) is 24.5 Å². The van der Waals surface area contributed by atoms with Crippen molar-refractivity contribution in [2.75, 3.05) is 10.6 Å². The zero-order valence-corrected chi connectivity index (χ0v) is 25.6. The quantitative estimate of drug-likeness (QED) is 0.0658. The van der Waals surface area contributed by atoms with Crippen LogP contribution in [-0.4, -0.2) is 27.9 Å². The van der Waals surface area contributed by atoms with E-state index in [2.05, 4.69) is 16.0 Å². The molecular formula is C32H26Cl2N4O5S. The van der Waals surface area contributed by atoms with E-state index in [1.54, 1.807) is 66.7 Å². The molecule has 0 saturated carbocycles. The molecule has 9 nitrogen and oxygen atoms in total. The third-order valence-electron chi connectivity index (χ3n) is 6.16. The van der Waals surface area contributed by atoms with Crippen molar-refractivity contribution in [1.82, 2.24) is 5.32 Å². The van der Waals surface area contributed by atoms with E-state index in [0.717, 1.165) is 4.90 Å². The fourth-order valence-corrected chi connectivity index (χ4v) is 5.24. The third-order valence-corrected chi connectivity index (χ3v) is 8.26. The van der Waals surface area contributed by atoms with E-state index in [-0.39, 0.29) is 17.3 Å². The Labute approximate surface area is 267 Å². The van der Waals surface area contributed by atoms with Gasteiger partial charge in [0, 0.05) is 34.0 Å². The first kappa shape index (κ1) is 32.3. The fraction of sp³-hybridized carbons (Fsp3) is 0.0938. The largest absolute Gasteiger partial charge is 0.325 e. The molecule has 0 saturated heterocycles. The number of non-ortho nitro benzene ring substituents is 1. The smallest absolute Gasteiger partial charge is 0.272 e. The minimum Gasteiger partial charge on any atom is -0.325 e. The van der Waals surface area contributed by atoms with Gasteiger partial charge in [0.1, 0.15) is 5.70 Å². The van der Waals surface area contributed by atoms with Crippen molar-refractivity contribution < 1.29 is 19.3 Å². The van der Waals surface area contributed by atoms with Gasteiger partial charge in [0.2, 0.25) is 5.91 Å². The van der Waals surface area contributed by atoms with Gasteiger partial charge in [0.15, 0.2) is 0 Å². The van der Waals surface area contributed by atoms with Crippen molar-refractivity contribution in [3.63, 3.8) is 0 Å². The van der Waals surface area contributed by atoms with Gasteiger partial charge >= 0.3 is 0 Å². The lowest BCUT2D eigenvalue weighted by Gasteiger charge is -2.16. The molecule has 0 aliphatic rings. The maximum atomic E-state index is 13.4. The molecule has 1 unspecified atom stereocenters. The molecule has 0 aliphatic heterocycles. The second kappa shape index (κ2) is 15.2. The summed E-state index contributed by atoms with van der Waals surface area (Å²) in [4.78, 5) is 50.6. The number of nitro benzene ring substituents is 1. The molecule has 1 atom stereocenters. The van der Waals surface area contributed by atoms with Crippen LogP contribution in [0.25, 0.3) is 6.08 Å². The van der Waals surface area contributed by atoms with Crippen molar-refractivity contribution in [1.29, 1.82) is 0 Å². The molecular weight excluding hydrogens is 623 g/mol. The van der Waals surface area contributed by atoms with Crippen LogP contribution in [-0.2, 0) is 9.59 Å². The molecule has 0 heterocycles. The molecule has 0 spiro atoms. The van der Waals surface area contributed by atoms with Crippen LogP contribution in [0.5, 0.6) is 0 Å². The summed E-state index contributed by atoms with van der Waals surface area (Å²) < 4.78 is 0. The monoisotopic (exact) mass is 648 g/mol. The first-order valence-electron chi connectivity index (χ1n) is 13.3. The predicted octanol–water partition coefficient (Wildman–Crippen LogP) is 7.82. The molecule has 4 aromatic rings. The molecule has 12 heteroatoms. The van der Waals surface area contributed by atoms with Gasteiger partial charge in [0.05, 0.1) is 20.2 Å². The van der Waals surface area contributed by atoms with Gasteiger partial charge in [0.25, 0.3) is 17.5 Å². The molecule has 3 amide bonds. The molecule has 44 heavy (non-hydrogen) atoms. The Hall–Kier alpha value is -4.64. The summed E-state index contributed by atoms with van der Waals surface area (Å²) in [5.41, 5.74) is 1.60. The minimum atomic E-state index is -0.612. The van der Waals surface area contributed by atoms with Gasteiger partial charge in [-0.2, -0.15) is 0 Å². The van der Waals surface area contributed by atoms with E-state index < -0.39 is 22.0 Å². The van der Waals surface area contributed by atoms with Gasteiger partial charge < -0.3 is 16.0 Å². The number of hydrogen-bond donors (Lipinski definition) is 3. The zero-order valence-electron chi connectivity index (χ0n) is 23.3. The second-order valence-corrected chi connectivity index (χ2v) is 11.4. The lowest BCUT2D eigenvalue weighted by atomic mass is 10.1. The fourth-order valence-electron chi connectivity index (χ4n) is 3.93. The maximum absolute atomic E-state index is 13.4. The average Bonchev–Trinajstić information content (AvgIpc) is 3.02. The van der Waals surface area contributed by atoms with E-state index in [0.29, 0.717) is 39.0 Å². The minimum absolute atomic E-state index is 0.0711. The molecule has 0 aliphatic carbocycles. The first-order valence-corrected chi connectivity index (χ1v) is 14.9. The number of hydrogen-bond acceptors (Lipinski definition) is 6. The molecule has 4 aromatic carbocycles. The van der Waals surface area contributed by atoms with Crippen LogP contribution < -0.4 is 16.0 Å². The van der Waals surface area contributed by atoms with Gasteiger partial charge in [-0.3, -0.25) is 24.5 Å². The average molecular weight is 650 g/mol. The van der Waals surface area contributed by atoms with E-state index in [4.69, 9.17) is 23.2 Å². The Kier molecular flexibility index (Phi) is 11.1. The highest BCUT2D eigenvalue weighted by Gasteiger charge is 2.20. The third kappa shape index (κ3) is 8.93. The highest BCUT2D eigenvalue weighted by molar-refractivity contribution is 8.00. The van der Waals surface area contributed by atoms with Gasteiger partial charge in [-0.05, 0) is 78.7 Å². The second-order valence-electron chi connectivity index (χ2n) is 9.34. The number of halogens is 2. The Morgan fingerprint density at radius 2 is 1.57 bits per heavy atom. The molecule has 0 bridgehead atoms. The Morgan fingerprint density at radius 1 is 0.864 bits per heavy atom. The highest BCUT2D eigenvalue weighted by atomic mass is 35.5. The van der Waals surface area contributed by atoms with E-state index in [1.165, 1.54) is 42.1 Å². The summed E-state index contributed by atoms with van der Waals surface area (Å²) >= 11 is 13.4. The number of carbonyl (C=O) groups excluding carboxylic acids is 3. The van der Waals surface area contributed by atoms with Crippen LogP contribution in [0, 0.1) is 10.1 Å². The number of benzene rings is 4. The normalized spacial score (nSPS) is 11.8. The first-order chi connectivity index (χ1) is 21.1. The van der Waals surface area contributed by atoms with Gasteiger partial charge in [-0.1, -0.05) is 54.4 Å². The predicted molar refractivity (Wildman–Crippen MR) is 175 cm³/mol. The zero-order chi connectivity index (χ0) is 31.6. The standard InChI is InChI=1S/C32H26Cl2N4O5S/c1-2-29(32(41)36-23-13-16-26(33)27(34)19-23)44-25-10-6-9-22(18-25)35-31(40)28(37-30(39)21-7-4-3-5-8-21)17-20-11-14-24(15-12-20)38(42)43/h3-19,29H,2H2,1H3,(H,35,40)(H,36,41)(H,37,39)/b28-17+. The SMILES string of the molecule is CCC(Sc1cccc(NC(=O)/C(=C\c2ccc([N+](=O)[O-])cc2)NC(=O)c2ccccc2)c1)C(=O)Nc1ccc(Cl)c(Cl)c1. The van der Waals surface area contributed by atoms with Crippen molar-refractivity contribution in [3.8, 4) is 0 Å². The summed E-state index contributed by atoms with van der Waals surface area (Å²) in [5.74, 6) is -1.33. The molecule has 4 rings (SSSR count). The topological polar surface area (TPSA) is 130 Å². The van der Waals surface area contributed by atoms with Crippen LogP contribution in [0.4, 0.5) is 17.1 Å². The molecule has 0 fully saturated rings. The van der Waals surface area contributed by atoms with Crippen LogP contribution in [0.2, 0.25) is 10.0 Å². The number of carbonyl (C=O) groups is 3. The highest BCUT2D eigenvalue weighted by Crippen LogP contribution is 2.30. The number of anilines is 2.